The van der Waals surface area contributed by atoms with Crippen molar-refractivity contribution < 1.29 is 14.3 Å². The van der Waals surface area contributed by atoms with Gasteiger partial charge in [0.1, 0.15) is 23.3 Å². The fraction of sp³-hybridized carbons (Fsp3) is 0.259. The van der Waals surface area contributed by atoms with E-state index in [0.29, 0.717) is 23.4 Å². The molecule has 35 heavy (non-hydrogen) atoms. The SMILES string of the molecule is CCC(C)(C(=O)Nc1ccc(OC)cc1)N(Cc1ccccc1)C(=O)Cn1nnc2ccccc21. The number of fused-ring (bicyclic) bond motifs is 1. The van der Waals surface area contributed by atoms with E-state index in [9.17, 15) is 9.59 Å². The van der Waals surface area contributed by atoms with Gasteiger partial charge in [-0.3, -0.25) is 9.59 Å². The van der Waals surface area contributed by atoms with Gasteiger partial charge in [-0.1, -0.05) is 54.6 Å². The van der Waals surface area contributed by atoms with Crippen molar-refractivity contribution >= 4 is 28.5 Å². The Morgan fingerprint density at radius 3 is 2.37 bits per heavy atom. The van der Waals surface area contributed by atoms with Gasteiger partial charge in [0.25, 0.3) is 0 Å². The molecule has 0 saturated carbocycles. The van der Waals surface area contributed by atoms with Crippen LogP contribution in [0.3, 0.4) is 0 Å². The average molecular weight is 472 g/mol. The highest BCUT2D eigenvalue weighted by atomic mass is 16.5. The van der Waals surface area contributed by atoms with Crippen molar-refractivity contribution in [2.45, 2.75) is 38.9 Å². The molecule has 0 radical (unpaired) electrons. The molecule has 0 aliphatic carbocycles. The Morgan fingerprint density at radius 2 is 1.69 bits per heavy atom. The van der Waals surface area contributed by atoms with E-state index in [2.05, 4.69) is 15.6 Å². The predicted octanol–water partition coefficient (Wildman–Crippen LogP) is 4.28. The normalized spacial score (nSPS) is 12.7. The maximum atomic E-state index is 13.7. The molecule has 0 saturated heterocycles. The molecule has 1 N–H and O–H groups in total. The van der Waals surface area contributed by atoms with Crippen LogP contribution < -0.4 is 10.1 Å². The van der Waals surface area contributed by atoms with E-state index in [0.717, 1.165) is 11.1 Å². The molecule has 2 amide bonds. The number of ether oxygens (including phenoxy) is 1. The lowest BCUT2D eigenvalue weighted by Gasteiger charge is -2.39. The van der Waals surface area contributed by atoms with Crippen LogP contribution >= 0.6 is 0 Å². The van der Waals surface area contributed by atoms with Gasteiger partial charge in [0, 0.05) is 12.2 Å². The van der Waals surface area contributed by atoms with E-state index in [4.69, 9.17) is 4.74 Å². The summed E-state index contributed by atoms with van der Waals surface area (Å²) in [4.78, 5) is 29.0. The molecule has 0 bridgehead atoms. The number of hydrogen-bond acceptors (Lipinski definition) is 5. The van der Waals surface area contributed by atoms with Gasteiger partial charge >= 0.3 is 0 Å². The first kappa shape index (κ1) is 23.9. The smallest absolute Gasteiger partial charge is 0.250 e. The number of benzene rings is 3. The first-order valence-corrected chi connectivity index (χ1v) is 11.5. The third kappa shape index (κ3) is 5.16. The monoisotopic (exact) mass is 471 g/mol. The number of aromatic nitrogens is 3. The zero-order valence-electron chi connectivity index (χ0n) is 20.1. The quantitative estimate of drug-likeness (QED) is 0.394. The molecule has 1 heterocycles. The molecule has 1 atom stereocenters. The molecule has 4 aromatic rings. The molecular weight excluding hydrogens is 442 g/mol. The number of hydrogen-bond donors (Lipinski definition) is 1. The van der Waals surface area contributed by atoms with Crippen LogP contribution in [0.5, 0.6) is 5.75 Å². The Balaban J connectivity index is 1.64. The maximum absolute atomic E-state index is 13.7. The van der Waals surface area contributed by atoms with Gasteiger partial charge in [0.15, 0.2) is 0 Å². The van der Waals surface area contributed by atoms with Crippen LogP contribution in [0.2, 0.25) is 0 Å². The van der Waals surface area contributed by atoms with E-state index in [1.807, 2.05) is 61.5 Å². The predicted molar refractivity (Wildman–Crippen MR) is 135 cm³/mol. The van der Waals surface area contributed by atoms with E-state index >= 15 is 0 Å². The van der Waals surface area contributed by atoms with Crippen molar-refractivity contribution in [3.63, 3.8) is 0 Å². The first-order chi connectivity index (χ1) is 16.9. The van der Waals surface area contributed by atoms with Crippen LogP contribution in [-0.2, 0) is 22.7 Å². The second-order valence-corrected chi connectivity index (χ2v) is 8.51. The number of nitrogens with one attached hydrogen (secondary N) is 1. The summed E-state index contributed by atoms with van der Waals surface area (Å²) in [6, 6.07) is 24.3. The number of amides is 2. The fourth-order valence-corrected chi connectivity index (χ4v) is 3.97. The maximum Gasteiger partial charge on any atom is 0.250 e. The standard InChI is InChI=1S/C27H29N5O3/c1-4-27(2,26(34)28-21-14-16-22(35-3)17-15-21)31(18-20-10-6-5-7-11-20)25(33)19-32-24-13-9-8-12-23(24)29-30-32/h5-17H,4,18-19H2,1-3H3,(H,28,34). The molecule has 0 aliphatic heterocycles. The summed E-state index contributed by atoms with van der Waals surface area (Å²) in [5.41, 5.74) is 1.93. The summed E-state index contributed by atoms with van der Waals surface area (Å²) in [5.74, 6) is 0.207. The van der Waals surface area contributed by atoms with Crippen molar-refractivity contribution in [1.29, 1.82) is 0 Å². The minimum absolute atomic E-state index is 0.0290. The van der Waals surface area contributed by atoms with Gasteiger partial charge in [-0.05, 0) is 55.3 Å². The second kappa shape index (κ2) is 10.4. The molecule has 0 fully saturated rings. The van der Waals surface area contributed by atoms with Crippen molar-refractivity contribution in [3.8, 4) is 5.75 Å². The Hall–Kier alpha value is -4.20. The van der Waals surface area contributed by atoms with Gasteiger partial charge < -0.3 is 15.0 Å². The van der Waals surface area contributed by atoms with Gasteiger partial charge in [0.05, 0.1) is 12.6 Å². The van der Waals surface area contributed by atoms with Crippen LogP contribution in [0.25, 0.3) is 11.0 Å². The summed E-state index contributed by atoms with van der Waals surface area (Å²) in [5, 5.41) is 11.3. The third-order valence-corrected chi connectivity index (χ3v) is 6.31. The van der Waals surface area contributed by atoms with Gasteiger partial charge in [-0.15, -0.1) is 5.10 Å². The van der Waals surface area contributed by atoms with Crippen LogP contribution in [0.1, 0.15) is 25.8 Å². The van der Waals surface area contributed by atoms with Crippen molar-refractivity contribution in [3.05, 3.63) is 84.4 Å². The largest absolute Gasteiger partial charge is 0.497 e. The van der Waals surface area contributed by atoms with E-state index in [1.54, 1.807) is 47.9 Å². The van der Waals surface area contributed by atoms with E-state index < -0.39 is 5.54 Å². The number of rotatable bonds is 9. The Morgan fingerprint density at radius 1 is 1.00 bits per heavy atom. The second-order valence-electron chi connectivity index (χ2n) is 8.51. The molecule has 8 nitrogen and oxygen atoms in total. The number of carbonyl (C=O) groups is 2. The van der Waals surface area contributed by atoms with Gasteiger partial charge in [-0.2, -0.15) is 0 Å². The van der Waals surface area contributed by atoms with E-state index in [-0.39, 0.29) is 24.9 Å². The van der Waals surface area contributed by atoms with Crippen LogP contribution in [-0.4, -0.2) is 44.4 Å². The summed E-state index contributed by atoms with van der Waals surface area (Å²) in [6.07, 6.45) is 0.422. The van der Waals surface area contributed by atoms with Crippen LogP contribution in [0.15, 0.2) is 78.9 Å². The zero-order chi connectivity index (χ0) is 24.8. The third-order valence-electron chi connectivity index (χ3n) is 6.31. The highest BCUT2D eigenvalue weighted by Crippen LogP contribution is 2.26. The number of nitrogens with zero attached hydrogens (tertiary/aromatic N) is 4. The lowest BCUT2D eigenvalue weighted by Crippen LogP contribution is -2.57. The van der Waals surface area contributed by atoms with Gasteiger partial charge in [0.2, 0.25) is 11.8 Å². The Bertz CT molecular complexity index is 1300. The van der Waals surface area contributed by atoms with E-state index in [1.165, 1.54) is 0 Å². The number of methoxy groups -OCH3 is 1. The highest BCUT2D eigenvalue weighted by Gasteiger charge is 2.41. The number of carbonyl (C=O) groups excluding carboxylic acids is 2. The molecule has 180 valence electrons. The molecule has 1 aromatic heterocycles. The topological polar surface area (TPSA) is 89.4 Å². The summed E-state index contributed by atoms with van der Waals surface area (Å²) < 4.78 is 6.78. The lowest BCUT2D eigenvalue weighted by molar-refractivity contribution is -0.146. The summed E-state index contributed by atoms with van der Waals surface area (Å²) in [6.45, 7) is 3.96. The fourth-order valence-electron chi connectivity index (χ4n) is 3.97. The summed E-state index contributed by atoms with van der Waals surface area (Å²) in [7, 11) is 1.59. The average Bonchev–Trinajstić information content (AvgIpc) is 3.30. The van der Waals surface area contributed by atoms with Crippen LogP contribution in [0, 0.1) is 0 Å². The first-order valence-electron chi connectivity index (χ1n) is 11.5. The highest BCUT2D eigenvalue weighted by molar-refractivity contribution is 6.00. The number of anilines is 1. The van der Waals surface area contributed by atoms with Gasteiger partial charge in [-0.25, -0.2) is 4.68 Å². The molecule has 1 unspecified atom stereocenters. The van der Waals surface area contributed by atoms with Crippen molar-refractivity contribution in [2.24, 2.45) is 0 Å². The molecule has 0 spiro atoms. The minimum atomic E-state index is -1.11. The molecule has 3 aromatic carbocycles. The Labute approximate surface area is 204 Å². The summed E-state index contributed by atoms with van der Waals surface area (Å²) >= 11 is 0. The molecular formula is C27H29N5O3. The molecule has 0 aliphatic rings. The van der Waals surface area contributed by atoms with Crippen molar-refractivity contribution in [2.75, 3.05) is 12.4 Å². The van der Waals surface area contributed by atoms with Crippen molar-refractivity contribution in [1.82, 2.24) is 19.9 Å². The lowest BCUT2D eigenvalue weighted by atomic mass is 9.93. The number of para-hydroxylation sites is 1. The Kier molecular flexibility index (Phi) is 7.10. The zero-order valence-corrected chi connectivity index (χ0v) is 20.1. The minimum Gasteiger partial charge on any atom is -0.497 e. The van der Waals surface area contributed by atoms with Crippen LogP contribution in [0.4, 0.5) is 5.69 Å². The molecule has 4 rings (SSSR count). The molecule has 8 heteroatoms.